The minimum absolute atomic E-state index is 0.0757. The molecule has 0 saturated heterocycles. The number of esters is 1. The zero-order chi connectivity index (χ0) is 14.8. The Balaban J connectivity index is 2.26. The van der Waals surface area contributed by atoms with Crippen molar-refractivity contribution in [3.05, 3.63) is 24.3 Å². The summed E-state index contributed by atoms with van der Waals surface area (Å²) < 4.78 is 10.6. The van der Waals surface area contributed by atoms with Gasteiger partial charge >= 0.3 is 5.97 Å². The Morgan fingerprint density at radius 1 is 1.35 bits per heavy atom. The van der Waals surface area contributed by atoms with E-state index in [1.54, 1.807) is 24.3 Å². The van der Waals surface area contributed by atoms with Crippen LogP contribution in [0, 0.1) is 5.92 Å². The van der Waals surface area contributed by atoms with Gasteiger partial charge in [0.1, 0.15) is 5.75 Å². The minimum atomic E-state index is -0.331. The van der Waals surface area contributed by atoms with Gasteiger partial charge < -0.3 is 15.2 Å². The molecule has 4 nitrogen and oxygen atoms in total. The molecule has 4 heteroatoms. The molecule has 112 valence electrons. The van der Waals surface area contributed by atoms with E-state index in [2.05, 4.69) is 13.8 Å². The first-order valence-corrected chi connectivity index (χ1v) is 7.29. The van der Waals surface area contributed by atoms with Crippen LogP contribution in [0.1, 0.15) is 39.5 Å². The molecule has 20 heavy (non-hydrogen) atoms. The van der Waals surface area contributed by atoms with Crippen LogP contribution in [0.15, 0.2) is 24.3 Å². The fourth-order valence-electron chi connectivity index (χ4n) is 1.90. The van der Waals surface area contributed by atoms with Gasteiger partial charge in [-0.3, -0.25) is 0 Å². The Labute approximate surface area is 121 Å². The van der Waals surface area contributed by atoms with Crippen LogP contribution in [0.2, 0.25) is 0 Å². The second-order valence-electron chi connectivity index (χ2n) is 4.96. The lowest BCUT2D eigenvalue weighted by molar-refractivity contribution is -0.147. The molecular weight excluding hydrogens is 254 g/mol. The standard InChI is InChI=1S/C16H25NO3/c1-3-5-7-13(4-2)11-20-16(18)12-19-15-9-6-8-14(17)10-15/h6,8-10,13H,3-5,7,11-12,17H2,1-2H3. The number of hydrogen-bond acceptors (Lipinski definition) is 4. The topological polar surface area (TPSA) is 61.5 Å². The fourth-order valence-corrected chi connectivity index (χ4v) is 1.90. The molecule has 1 aromatic rings. The van der Waals surface area contributed by atoms with Crippen molar-refractivity contribution in [1.82, 2.24) is 0 Å². The van der Waals surface area contributed by atoms with Gasteiger partial charge in [-0.1, -0.05) is 39.2 Å². The minimum Gasteiger partial charge on any atom is -0.482 e. The smallest absolute Gasteiger partial charge is 0.344 e. The summed E-state index contributed by atoms with van der Waals surface area (Å²) in [5, 5.41) is 0. The predicted octanol–water partition coefficient (Wildman–Crippen LogP) is 3.41. The van der Waals surface area contributed by atoms with Crippen molar-refractivity contribution in [2.45, 2.75) is 39.5 Å². The lowest BCUT2D eigenvalue weighted by Crippen LogP contribution is -2.19. The maximum Gasteiger partial charge on any atom is 0.344 e. The van der Waals surface area contributed by atoms with Gasteiger partial charge in [0.15, 0.2) is 6.61 Å². The van der Waals surface area contributed by atoms with Crippen molar-refractivity contribution >= 4 is 11.7 Å². The third kappa shape index (κ3) is 6.45. The van der Waals surface area contributed by atoms with E-state index in [0.29, 0.717) is 24.0 Å². The highest BCUT2D eigenvalue weighted by Crippen LogP contribution is 2.15. The number of carbonyl (C=O) groups is 1. The molecule has 0 aliphatic heterocycles. The average molecular weight is 279 g/mol. The number of carbonyl (C=O) groups excluding carboxylic acids is 1. The molecule has 0 heterocycles. The van der Waals surface area contributed by atoms with Crippen LogP contribution in [0.3, 0.4) is 0 Å². The monoisotopic (exact) mass is 279 g/mol. The number of unbranched alkanes of at least 4 members (excludes halogenated alkanes) is 1. The first kappa shape index (κ1) is 16.3. The Bertz CT molecular complexity index is 406. The van der Waals surface area contributed by atoms with E-state index in [4.69, 9.17) is 15.2 Å². The number of hydrogen-bond donors (Lipinski definition) is 1. The largest absolute Gasteiger partial charge is 0.482 e. The molecule has 2 N–H and O–H groups in total. The molecular formula is C16H25NO3. The molecule has 0 bridgehead atoms. The van der Waals surface area contributed by atoms with E-state index in [-0.39, 0.29) is 12.6 Å². The Kier molecular flexibility index (Phi) is 7.55. The van der Waals surface area contributed by atoms with Gasteiger partial charge in [0, 0.05) is 11.8 Å². The number of nitrogens with two attached hydrogens (primary N) is 1. The quantitative estimate of drug-likeness (QED) is 0.556. The number of nitrogen functional groups attached to an aromatic ring is 1. The summed E-state index contributed by atoms with van der Waals surface area (Å²) in [7, 11) is 0. The van der Waals surface area contributed by atoms with E-state index < -0.39 is 0 Å². The van der Waals surface area contributed by atoms with Gasteiger partial charge in [-0.25, -0.2) is 4.79 Å². The summed E-state index contributed by atoms with van der Waals surface area (Å²) in [5.41, 5.74) is 6.24. The van der Waals surface area contributed by atoms with Crippen molar-refractivity contribution in [2.75, 3.05) is 18.9 Å². The zero-order valence-electron chi connectivity index (χ0n) is 12.4. The van der Waals surface area contributed by atoms with E-state index in [1.807, 2.05) is 0 Å². The SMILES string of the molecule is CCCCC(CC)COC(=O)COc1cccc(N)c1. The first-order chi connectivity index (χ1) is 9.65. The molecule has 0 amide bonds. The predicted molar refractivity (Wildman–Crippen MR) is 80.6 cm³/mol. The summed E-state index contributed by atoms with van der Waals surface area (Å²) >= 11 is 0. The van der Waals surface area contributed by atoms with Crippen molar-refractivity contribution in [2.24, 2.45) is 5.92 Å². The van der Waals surface area contributed by atoms with E-state index >= 15 is 0 Å². The van der Waals surface area contributed by atoms with Crippen LogP contribution in [0.25, 0.3) is 0 Å². The summed E-state index contributed by atoms with van der Waals surface area (Å²) in [4.78, 5) is 11.6. The second-order valence-corrected chi connectivity index (χ2v) is 4.96. The average Bonchev–Trinajstić information content (AvgIpc) is 2.45. The third-order valence-corrected chi connectivity index (χ3v) is 3.24. The number of anilines is 1. The fraction of sp³-hybridized carbons (Fsp3) is 0.562. The van der Waals surface area contributed by atoms with Crippen LogP contribution >= 0.6 is 0 Å². The molecule has 0 radical (unpaired) electrons. The Morgan fingerprint density at radius 3 is 2.80 bits per heavy atom. The normalized spacial score (nSPS) is 11.9. The number of benzene rings is 1. The maximum absolute atomic E-state index is 11.6. The molecule has 0 aliphatic rings. The number of ether oxygens (including phenoxy) is 2. The lowest BCUT2D eigenvalue weighted by atomic mass is 10.0. The zero-order valence-corrected chi connectivity index (χ0v) is 12.4. The van der Waals surface area contributed by atoms with Crippen LogP contribution in [-0.4, -0.2) is 19.2 Å². The van der Waals surface area contributed by atoms with Gasteiger partial charge in [-0.05, 0) is 24.5 Å². The van der Waals surface area contributed by atoms with Crippen LogP contribution in [0.5, 0.6) is 5.75 Å². The molecule has 0 spiro atoms. The van der Waals surface area contributed by atoms with Gasteiger partial charge in [-0.15, -0.1) is 0 Å². The van der Waals surface area contributed by atoms with Crippen molar-refractivity contribution < 1.29 is 14.3 Å². The molecule has 0 fully saturated rings. The highest BCUT2D eigenvalue weighted by molar-refractivity contribution is 5.71. The highest BCUT2D eigenvalue weighted by Gasteiger charge is 2.10. The van der Waals surface area contributed by atoms with E-state index in [1.165, 1.54) is 12.8 Å². The summed E-state index contributed by atoms with van der Waals surface area (Å²) in [6.45, 7) is 4.69. The number of rotatable bonds is 9. The Hall–Kier alpha value is -1.71. The van der Waals surface area contributed by atoms with Crippen LogP contribution in [-0.2, 0) is 9.53 Å². The molecule has 0 saturated carbocycles. The summed E-state index contributed by atoms with van der Waals surface area (Å²) in [5.74, 6) is 0.702. The van der Waals surface area contributed by atoms with Crippen LogP contribution < -0.4 is 10.5 Å². The van der Waals surface area contributed by atoms with Gasteiger partial charge in [-0.2, -0.15) is 0 Å². The van der Waals surface area contributed by atoms with Crippen molar-refractivity contribution in [3.8, 4) is 5.75 Å². The van der Waals surface area contributed by atoms with Gasteiger partial charge in [0.05, 0.1) is 6.61 Å². The van der Waals surface area contributed by atoms with E-state index in [9.17, 15) is 4.79 Å². The molecule has 1 rings (SSSR count). The lowest BCUT2D eigenvalue weighted by Gasteiger charge is -2.14. The Morgan fingerprint density at radius 2 is 2.15 bits per heavy atom. The van der Waals surface area contributed by atoms with Crippen LogP contribution in [0.4, 0.5) is 5.69 Å². The second kappa shape index (κ2) is 9.23. The molecule has 0 aliphatic carbocycles. The molecule has 1 atom stereocenters. The highest BCUT2D eigenvalue weighted by atomic mass is 16.6. The summed E-state index contributed by atoms with van der Waals surface area (Å²) in [6.07, 6.45) is 4.48. The molecule has 1 unspecified atom stereocenters. The summed E-state index contributed by atoms with van der Waals surface area (Å²) in [6, 6.07) is 7.00. The molecule has 1 aromatic carbocycles. The third-order valence-electron chi connectivity index (χ3n) is 3.24. The molecule has 0 aromatic heterocycles. The van der Waals surface area contributed by atoms with Crippen molar-refractivity contribution in [1.29, 1.82) is 0 Å². The van der Waals surface area contributed by atoms with E-state index in [0.717, 1.165) is 12.8 Å². The van der Waals surface area contributed by atoms with Crippen molar-refractivity contribution in [3.63, 3.8) is 0 Å². The maximum atomic E-state index is 11.6. The first-order valence-electron chi connectivity index (χ1n) is 7.29. The van der Waals surface area contributed by atoms with Gasteiger partial charge in [0.25, 0.3) is 0 Å². The van der Waals surface area contributed by atoms with Gasteiger partial charge in [0.2, 0.25) is 0 Å².